The highest BCUT2D eigenvalue weighted by molar-refractivity contribution is 7.16. The Morgan fingerprint density at radius 2 is 2.32 bits per heavy atom. The topological polar surface area (TPSA) is 90.0 Å². The average molecular weight is 282 g/mol. The SMILES string of the molecule is COCCCOC(=O)c1sc(-c2ncn[nH]2)nc1C. The molecule has 0 saturated heterocycles. The van der Waals surface area contributed by atoms with Gasteiger partial charge in [-0.1, -0.05) is 0 Å². The molecule has 0 unspecified atom stereocenters. The van der Waals surface area contributed by atoms with Crippen LogP contribution in [0, 0.1) is 6.92 Å². The summed E-state index contributed by atoms with van der Waals surface area (Å²) in [5.41, 5.74) is 0.633. The lowest BCUT2D eigenvalue weighted by atomic mass is 10.4. The molecule has 0 saturated carbocycles. The predicted octanol–water partition coefficient (Wildman–Crippen LogP) is 1.43. The molecule has 0 bridgehead atoms. The Morgan fingerprint density at radius 3 is 3.00 bits per heavy atom. The van der Waals surface area contributed by atoms with Crippen molar-refractivity contribution >= 4 is 17.3 Å². The third-order valence-electron chi connectivity index (χ3n) is 2.33. The number of aryl methyl sites for hydroxylation is 1. The molecule has 0 amide bonds. The third-order valence-corrected chi connectivity index (χ3v) is 3.47. The summed E-state index contributed by atoms with van der Waals surface area (Å²) in [7, 11) is 1.61. The van der Waals surface area contributed by atoms with Gasteiger partial charge in [0.25, 0.3) is 0 Å². The quantitative estimate of drug-likeness (QED) is 0.636. The molecule has 2 aromatic rings. The van der Waals surface area contributed by atoms with Crippen LogP contribution in [0.1, 0.15) is 21.8 Å². The number of thiazole rings is 1. The number of rotatable bonds is 6. The fraction of sp³-hybridized carbons (Fsp3) is 0.455. The molecular formula is C11H14N4O3S. The number of carbonyl (C=O) groups excluding carboxylic acids is 1. The number of ether oxygens (including phenoxy) is 2. The first-order chi connectivity index (χ1) is 9.22. The molecule has 0 aliphatic carbocycles. The highest BCUT2D eigenvalue weighted by Crippen LogP contribution is 2.25. The fourth-order valence-corrected chi connectivity index (χ4v) is 2.34. The molecule has 8 heteroatoms. The second kappa shape index (κ2) is 6.39. The minimum absolute atomic E-state index is 0.335. The number of methoxy groups -OCH3 is 1. The van der Waals surface area contributed by atoms with Crippen LogP contribution in [0.25, 0.3) is 10.8 Å². The van der Waals surface area contributed by atoms with Crippen molar-refractivity contribution in [2.45, 2.75) is 13.3 Å². The fourth-order valence-electron chi connectivity index (χ4n) is 1.43. The molecule has 7 nitrogen and oxygen atoms in total. The second-order valence-electron chi connectivity index (χ2n) is 3.75. The molecule has 19 heavy (non-hydrogen) atoms. The molecule has 0 spiro atoms. The van der Waals surface area contributed by atoms with Crippen LogP contribution in [0.4, 0.5) is 0 Å². The monoisotopic (exact) mass is 282 g/mol. The molecule has 0 atom stereocenters. The normalized spacial score (nSPS) is 10.6. The molecule has 1 N–H and O–H groups in total. The summed E-state index contributed by atoms with van der Waals surface area (Å²) < 4.78 is 10.0. The van der Waals surface area contributed by atoms with Gasteiger partial charge in [0.15, 0.2) is 10.8 Å². The van der Waals surface area contributed by atoms with Crippen molar-refractivity contribution in [3.8, 4) is 10.8 Å². The Balaban J connectivity index is 2.02. The Kier molecular flexibility index (Phi) is 4.58. The van der Waals surface area contributed by atoms with E-state index < -0.39 is 0 Å². The van der Waals surface area contributed by atoms with E-state index >= 15 is 0 Å². The summed E-state index contributed by atoms with van der Waals surface area (Å²) in [6.45, 7) is 2.67. The van der Waals surface area contributed by atoms with E-state index in [2.05, 4.69) is 20.2 Å². The van der Waals surface area contributed by atoms with Crippen molar-refractivity contribution in [3.05, 3.63) is 16.9 Å². The van der Waals surface area contributed by atoms with Gasteiger partial charge in [-0.15, -0.1) is 11.3 Å². The third kappa shape index (κ3) is 3.36. The Labute approximate surface area is 114 Å². The molecule has 102 valence electrons. The zero-order valence-corrected chi connectivity index (χ0v) is 11.5. The van der Waals surface area contributed by atoms with E-state index in [0.717, 1.165) is 0 Å². The van der Waals surface area contributed by atoms with E-state index in [9.17, 15) is 4.79 Å². The van der Waals surface area contributed by atoms with Gasteiger partial charge in [0.05, 0.1) is 12.3 Å². The Bertz CT molecular complexity index is 538. The van der Waals surface area contributed by atoms with Crippen LogP contribution >= 0.6 is 11.3 Å². The zero-order chi connectivity index (χ0) is 13.7. The standard InChI is InChI=1S/C11H14N4O3S/c1-7-8(11(16)18-5-3-4-17-2)19-10(14-7)9-12-6-13-15-9/h6H,3-5H2,1-2H3,(H,12,13,15). The van der Waals surface area contributed by atoms with Crippen molar-refractivity contribution in [3.63, 3.8) is 0 Å². The highest BCUT2D eigenvalue weighted by Gasteiger charge is 2.18. The van der Waals surface area contributed by atoms with Crippen LogP contribution in [0.15, 0.2) is 6.33 Å². The van der Waals surface area contributed by atoms with E-state index in [4.69, 9.17) is 9.47 Å². The molecule has 0 radical (unpaired) electrons. The first-order valence-electron chi connectivity index (χ1n) is 5.71. The van der Waals surface area contributed by atoms with Gasteiger partial charge in [-0.25, -0.2) is 14.8 Å². The van der Waals surface area contributed by atoms with E-state index in [1.807, 2.05) is 0 Å². The van der Waals surface area contributed by atoms with Gasteiger partial charge in [0.1, 0.15) is 11.2 Å². The molecule has 0 fully saturated rings. The van der Waals surface area contributed by atoms with Crippen LogP contribution in [0.2, 0.25) is 0 Å². The molecule has 0 aromatic carbocycles. The van der Waals surface area contributed by atoms with Crippen molar-refractivity contribution in [1.29, 1.82) is 0 Å². The van der Waals surface area contributed by atoms with Crippen LogP contribution in [0.3, 0.4) is 0 Å². The first kappa shape index (κ1) is 13.6. The van der Waals surface area contributed by atoms with Gasteiger partial charge < -0.3 is 9.47 Å². The Morgan fingerprint density at radius 1 is 1.47 bits per heavy atom. The van der Waals surface area contributed by atoms with Gasteiger partial charge in [-0.2, -0.15) is 5.10 Å². The number of hydrogen-bond acceptors (Lipinski definition) is 7. The predicted molar refractivity (Wildman–Crippen MR) is 69.0 cm³/mol. The first-order valence-corrected chi connectivity index (χ1v) is 6.53. The van der Waals surface area contributed by atoms with Crippen molar-refractivity contribution < 1.29 is 14.3 Å². The number of H-pyrrole nitrogens is 1. The lowest BCUT2D eigenvalue weighted by Crippen LogP contribution is -2.07. The van der Waals surface area contributed by atoms with E-state index in [1.54, 1.807) is 14.0 Å². The van der Waals surface area contributed by atoms with Crippen molar-refractivity contribution in [2.24, 2.45) is 0 Å². The van der Waals surface area contributed by atoms with E-state index in [1.165, 1.54) is 17.7 Å². The summed E-state index contributed by atoms with van der Waals surface area (Å²) in [5, 5.41) is 7.09. The second-order valence-corrected chi connectivity index (χ2v) is 4.75. The Hall–Kier alpha value is -1.80. The number of nitrogens with zero attached hydrogens (tertiary/aromatic N) is 3. The minimum Gasteiger partial charge on any atom is -0.461 e. The maximum atomic E-state index is 11.9. The lowest BCUT2D eigenvalue weighted by molar-refractivity contribution is 0.0473. The van der Waals surface area contributed by atoms with Gasteiger partial charge in [-0.3, -0.25) is 5.10 Å². The minimum atomic E-state index is -0.364. The van der Waals surface area contributed by atoms with Crippen LogP contribution in [-0.4, -0.2) is 46.5 Å². The van der Waals surface area contributed by atoms with Gasteiger partial charge >= 0.3 is 5.97 Å². The maximum absolute atomic E-state index is 11.9. The number of esters is 1. The largest absolute Gasteiger partial charge is 0.461 e. The number of aromatic nitrogens is 4. The number of nitrogens with one attached hydrogen (secondary N) is 1. The molecule has 2 aromatic heterocycles. The number of carbonyl (C=O) groups is 1. The van der Waals surface area contributed by atoms with Crippen LogP contribution in [0.5, 0.6) is 0 Å². The van der Waals surface area contributed by atoms with Crippen LogP contribution in [-0.2, 0) is 9.47 Å². The van der Waals surface area contributed by atoms with Crippen LogP contribution < -0.4 is 0 Å². The van der Waals surface area contributed by atoms with Gasteiger partial charge in [0, 0.05) is 20.1 Å². The highest BCUT2D eigenvalue weighted by atomic mass is 32.1. The van der Waals surface area contributed by atoms with E-state index in [0.29, 0.717) is 41.0 Å². The van der Waals surface area contributed by atoms with Crippen molar-refractivity contribution in [1.82, 2.24) is 20.2 Å². The lowest BCUT2D eigenvalue weighted by Gasteiger charge is -2.02. The summed E-state index contributed by atoms with van der Waals surface area (Å²) in [6, 6.07) is 0. The number of hydrogen-bond donors (Lipinski definition) is 1. The molecule has 2 heterocycles. The molecule has 2 rings (SSSR count). The summed E-state index contributed by atoms with van der Waals surface area (Å²) in [5.74, 6) is 0.184. The molecule has 0 aliphatic rings. The summed E-state index contributed by atoms with van der Waals surface area (Å²) >= 11 is 1.24. The smallest absolute Gasteiger partial charge is 0.350 e. The number of aromatic amines is 1. The molecule has 0 aliphatic heterocycles. The van der Waals surface area contributed by atoms with Gasteiger partial charge in [0.2, 0.25) is 0 Å². The van der Waals surface area contributed by atoms with Gasteiger partial charge in [-0.05, 0) is 6.92 Å². The zero-order valence-electron chi connectivity index (χ0n) is 10.7. The summed E-state index contributed by atoms with van der Waals surface area (Å²) in [6.07, 6.45) is 2.07. The maximum Gasteiger partial charge on any atom is 0.350 e. The average Bonchev–Trinajstić information content (AvgIpc) is 3.03. The summed E-state index contributed by atoms with van der Waals surface area (Å²) in [4.78, 5) is 20.6. The van der Waals surface area contributed by atoms with Crippen molar-refractivity contribution in [2.75, 3.05) is 20.3 Å². The molecular weight excluding hydrogens is 268 g/mol. The van der Waals surface area contributed by atoms with E-state index in [-0.39, 0.29) is 5.97 Å².